The molecule has 0 aromatic heterocycles. The third-order valence-corrected chi connectivity index (χ3v) is 4.25. The molecular formula is C13H18ClNS. The average Bonchev–Trinajstić information content (AvgIpc) is 3.10. The lowest BCUT2D eigenvalue weighted by Crippen LogP contribution is -2.29. The third kappa shape index (κ3) is 4.00. The van der Waals surface area contributed by atoms with Gasteiger partial charge < -0.3 is 5.32 Å². The molecular weight excluding hydrogens is 238 g/mol. The van der Waals surface area contributed by atoms with Gasteiger partial charge in [0.15, 0.2) is 0 Å². The number of halogens is 1. The predicted octanol–water partition coefficient (Wildman–Crippen LogP) is 3.82. The molecule has 0 bridgehead atoms. The standard InChI is InChI=1S/C13H18ClNS/c1-10(11-2-3-11)15-8-9-16-13-6-4-12(14)5-7-13/h4-7,10-11,15H,2-3,8-9H2,1H3. The number of benzene rings is 1. The maximum atomic E-state index is 5.83. The fraction of sp³-hybridized carbons (Fsp3) is 0.538. The number of thioether (sulfide) groups is 1. The predicted molar refractivity (Wildman–Crippen MR) is 72.4 cm³/mol. The molecule has 1 N–H and O–H groups in total. The SMILES string of the molecule is CC(NCCSc1ccc(Cl)cc1)C1CC1. The van der Waals surface area contributed by atoms with Crippen LogP contribution in [0.25, 0.3) is 0 Å². The first-order chi connectivity index (χ1) is 7.75. The van der Waals surface area contributed by atoms with Crippen LogP contribution in [-0.2, 0) is 0 Å². The molecule has 1 aliphatic rings. The largest absolute Gasteiger partial charge is 0.313 e. The first-order valence-electron chi connectivity index (χ1n) is 5.87. The highest BCUT2D eigenvalue weighted by Crippen LogP contribution is 2.32. The Morgan fingerprint density at radius 2 is 2.06 bits per heavy atom. The summed E-state index contributed by atoms with van der Waals surface area (Å²) in [6.45, 7) is 3.38. The van der Waals surface area contributed by atoms with Gasteiger partial charge in [0.1, 0.15) is 0 Å². The zero-order valence-corrected chi connectivity index (χ0v) is 11.2. The summed E-state index contributed by atoms with van der Waals surface area (Å²) in [5.74, 6) is 2.07. The molecule has 1 aromatic rings. The Morgan fingerprint density at radius 3 is 2.69 bits per heavy atom. The minimum absolute atomic E-state index is 0.700. The van der Waals surface area contributed by atoms with Crippen LogP contribution in [0.2, 0.25) is 5.02 Å². The normalized spacial score (nSPS) is 17.4. The minimum atomic E-state index is 0.700. The van der Waals surface area contributed by atoms with Crippen LogP contribution in [0.15, 0.2) is 29.2 Å². The van der Waals surface area contributed by atoms with Crippen molar-refractivity contribution in [1.82, 2.24) is 5.32 Å². The summed E-state index contributed by atoms with van der Waals surface area (Å²) in [6, 6.07) is 8.76. The van der Waals surface area contributed by atoms with E-state index in [1.807, 2.05) is 23.9 Å². The van der Waals surface area contributed by atoms with Crippen molar-refractivity contribution in [2.24, 2.45) is 5.92 Å². The van der Waals surface area contributed by atoms with Crippen LogP contribution in [0.4, 0.5) is 0 Å². The number of hydrogen-bond acceptors (Lipinski definition) is 2. The summed E-state index contributed by atoms with van der Waals surface area (Å²) in [5, 5.41) is 4.39. The topological polar surface area (TPSA) is 12.0 Å². The van der Waals surface area contributed by atoms with E-state index in [1.165, 1.54) is 17.7 Å². The maximum Gasteiger partial charge on any atom is 0.0406 e. The number of nitrogens with one attached hydrogen (secondary N) is 1. The molecule has 3 heteroatoms. The first kappa shape index (κ1) is 12.3. The Labute approximate surface area is 107 Å². The van der Waals surface area contributed by atoms with Crippen molar-refractivity contribution in [2.75, 3.05) is 12.3 Å². The average molecular weight is 256 g/mol. The van der Waals surface area contributed by atoms with Gasteiger partial charge in [0, 0.05) is 28.3 Å². The Hall–Kier alpha value is -0.180. The third-order valence-electron chi connectivity index (χ3n) is 2.98. The van der Waals surface area contributed by atoms with Crippen molar-refractivity contribution in [1.29, 1.82) is 0 Å². The monoisotopic (exact) mass is 255 g/mol. The van der Waals surface area contributed by atoms with Gasteiger partial charge in [-0.25, -0.2) is 0 Å². The quantitative estimate of drug-likeness (QED) is 0.613. The van der Waals surface area contributed by atoms with Gasteiger partial charge in [-0.2, -0.15) is 0 Å². The zero-order chi connectivity index (χ0) is 11.4. The molecule has 2 rings (SSSR count). The Kier molecular flexibility index (Phi) is 4.56. The molecule has 1 nitrogen and oxygen atoms in total. The van der Waals surface area contributed by atoms with E-state index < -0.39 is 0 Å². The highest BCUT2D eigenvalue weighted by atomic mass is 35.5. The second kappa shape index (κ2) is 5.95. The molecule has 1 fully saturated rings. The molecule has 1 aromatic carbocycles. The maximum absolute atomic E-state index is 5.83. The first-order valence-corrected chi connectivity index (χ1v) is 7.24. The van der Waals surface area contributed by atoms with Crippen LogP contribution in [0.3, 0.4) is 0 Å². The van der Waals surface area contributed by atoms with Crippen molar-refractivity contribution in [3.05, 3.63) is 29.3 Å². The zero-order valence-electron chi connectivity index (χ0n) is 9.58. The molecule has 0 spiro atoms. The molecule has 16 heavy (non-hydrogen) atoms. The lowest BCUT2D eigenvalue weighted by Gasteiger charge is -2.11. The fourth-order valence-corrected chi connectivity index (χ4v) is 2.66. The van der Waals surface area contributed by atoms with Gasteiger partial charge in [-0.3, -0.25) is 0 Å². The summed E-state index contributed by atoms with van der Waals surface area (Å²) in [5.41, 5.74) is 0. The van der Waals surface area contributed by atoms with E-state index in [0.717, 1.165) is 23.2 Å². The van der Waals surface area contributed by atoms with Gasteiger partial charge in [0.25, 0.3) is 0 Å². The van der Waals surface area contributed by atoms with Gasteiger partial charge in [0.05, 0.1) is 0 Å². The molecule has 1 atom stereocenters. The van der Waals surface area contributed by atoms with E-state index in [9.17, 15) is 0 Å². The second-order valence-electron chi connectivity index (χ2n) is 4.38. The van der Waals surface area contributed by atoms with Gasteiger partial charge in [-0.05, 0) is 49.9 Å². The molecule has 0 heterocycles. The van der Waals surface area contributed by atoms with E-state index in [2.05, 4.69) is 24.4 Å². The smallest absolute Gasteiger partial charge is 0.0406 e. The lowest BCUT2D eigenvalue weighted by molar-refractivity contribution is 0.514. The van der Waals surface area contributed by atoms with E-state index in [4.69, 9.17) is 11.6 Å². The summed E-state index contributed by atoms with van der Waals surface area (Å²) >= 11 is 7.72. The van der Waals surface area contributed by atoms with Crippen LogP contribution in [0.5, 0.6) is 0 Å². The minimum Gasteiger partial charge on any atom is -0.313 e. The van der Waals surface area contributed by atoms with Gasteiger partial charge in [-0.1, -0.05) is 11.6 Å². The Morgan fingerprint density at radius 1 is 1.38 bits per heavy atom. The van der Waals surface area contributed by atoms with Crippen LogP contribution in [0.1, 0.15) is 19.8 Å². The summed E-state index contributed by atoms with van der Waals surface area (Å²) in [7, 11) is 0. The Bertz CT molecular complexity index is 321. The van der Waals surface area contributed by atoms with Crippen molar-refractivity contribution in [3.8, 4) is 0 Å². The van der Waals surface area contributed by atoms with Crippen LogP contribution in [-0.4, -0.2) is 18.3 Å². The van der Waals surface area contributed by atoms with E-state index in [-0.39, 0.29) is 0 Å². The summed E-state index contributed by atoms with van der Waals surface area (Å²) in [6.07, 6.45) is 2.83. The molecule has 1 unspecified atom stereocenters. The molecule has 0 amide bonds. The lowest BCUT2D eigenvalue weighted by atomic mass is 10.2. The molecule has 0 aliphatic heterocycles. The molecule has 0 radical (unpaired) electrons. The van der Waals surface area contributed by atoms with Crippen LogP contribution >= 0.6 is 23.4 Å². The Balaban J connectivity index is 1.62. The van der Waals surface area contributed by atoms with Crippen LogP contribution < -0.4 is 5.32 Å². The highest BCUT2D eigenvalue weighted by Gasteiger charge is 2.26. The van der Waals surface area contributed by atoms with Gasteiger partial charge >= 0.3 is 0 Å². The van der Waals surface area contributed by atoms with Crippen molar-refractivity contribution in [2.45, 2.75) is 30.7 Å². The van der Waals surface area contributed by atoms with Crippen molar-refractivity contribution >= 4 is 23.4 Å². The van der Waals surface area contributed by atoms with E-state index in [0.29, 0.717) is 6.04 Å². The second-order valence-corrected chi connectivity index (χ2v) is 5.99. The molecule has 88 valence electrons. The van der Waals surface area contributed by atoms with E-state index >= 15 is 0 Å². The van der Waals surface area contributed by atoms with Gasteiger partial charge in [0.2, 0.25) is 0 Å². The number of hydrogen-bond donors (Lipinski definition) is 1. The molecule has 1 aliphatic carbocycles. The van der Waals surface area contributed by atoms with Gasteiger partial charge in [-0.15, -0.1) is 11.8 Å². The molecule has 0 saturated heterocycles. The summed E-state index contributed by atoms with van der Waals surface area (Å²) in [4.78, 5) is 1.30. The number of rotatable bonds is 6. The fourth-order valence-electron chi connectivity index (χ4n) is 1.75. The summed E-state index contributed by atoms with van der Waals surface area (Å²) < 4.78 is 0. The van der Waals surface area contributed by atoms with Crippen LogP contribution in [0, 0.1) is 5.92 Å². The van der Waals surface area contributed by atoms with Crippen molar-refractivity contribution < 1.29 is 0 Å². The highest BCUT2D eigenvalue weighted by molar-refractivity contribution is 7.99. The molecule has 1 saturated carbocycles. The van der Waals surface area contributed by atoms with Crippen molar-refractivity contribution in [3.63, 3.8) is 0 Å². The van der Waals surface area contributed by atoms with E-state index in [1.54, 1.807) is 0 Å².